The number of carbonyl (C=O) groups excluding carboxylic acids is 1. The molecule has 0 aromatic heterocycles. The highest BCUT2D eigenvalue weighted by molar-refractivity contribution is 5.98. The van der Waals surface area contributed by atoms with Crippen LogP contribution in [0.3, 0.4) is 0 Å². The lowest BCUT2D eigenvalue weighted by molar-refractivity contribution is -0.117. The molecule has 0 spiro atoms. The first-order chi connectivity index (χ1) is 16.0. The zero-order valence-electron chi connectivity index (χ0n) is 20.3. The average Bonchev–Trinajstić information content (AvgIpc) is 3.19. The molecule has 174 valence electrons. The van der Waals surface area contributed by atoms with Crippen LogP contribution in [0.4, 0.5) is 0 Å². The van der Waals surface area contributed by atoms with E-state index in [1.165, 1.54) is 27.8 Å². The molecule has 0 amide bonds. The van der Waals surface area contributed by atoms with Crippen LogP contribution in [0.5, 0.6) is 0 Å². The van der Waals surface area contributed by atoms with Gasteiger partial charge in [-0.3, -0.25) is 9.69 Å². The normalized spacial score (nSPS) is 23.5. The molecule has 0 saturated heterocycles. The Balaban J connectivity index is 1.77. The third-order valence-corrected chi connectivity index (χ3v) is 7.14. The molecule has 0 atom stereocenters. The maximum atomic E-state index is 13.5. The lowest BCUT2D eigenvalue weighted by Crippen LogP contribution is -2.37. The molecule has 2 aliphatic rings. The van der Waals surface area contributed by atoms with E-state index in [0.717, 1.165) is 25.0 Å². The molecule has 33 heavy (non-hydrogen) atoms. The molecule has 0 unspecified atom stereocenters. The number of hydrogen-bond donors (Lipinski definition) is 0. The molecule has 1 heterocycles. The van der Waals surface area contributed by atoms with E-state index < -0.39 is 0 Å². The highest BCUT2D eigenvalue weighted by Crippen LogP contribution is 2.49. The number of fused-ring (bicyclic) bond motifs is 1. The summed E-state index contributed by atoms with van der Waals surface area (Å²) in [4.78, 5) is 15.9. The van der Waals surface area contributed by atoms with Crippen molar-refractivity contribution in [3.05, 3.63) is 94.1 Å². The molecule has 1 saturated carbocycles. The van der Waals surface area contributed by atoms with Crippen molar-refractivity contribution in [1.29, 1.82) is 0 Å². The van der Waals surface area contributed by atoms with Gasteiger partial charge < -0.3 is 9.47 Å². The minimum Gasteiger partial charge on any atom is -0.384 e. The van der Waals surface area contributed by atoms with Crippen LogP contribution in [-0.4, -0.2) is 51.2 Å². The fourth-order valence-electron chi connectivity index (χ4n) is 5.65. The number of benzene rings is 2. The molecule has 1 aliphatic heterocycles. The molecule has 2 aromatic rings. The fourth-order valence-corrected chi connectivity index (χ4v) is 5.65. The highest BCUT2D eigenvalue weighted by Gasteiger charge is 2.42. The molecule has 1 fully saturated rings. The van der Waals surface area contributed by atoms with Gasteiger partial charge in [0, 0.05) is 26.2 Å². The smallest absolute Gasteiger partial charge is 0.172 e. The van der Waals surface area contributed by atoms with Gasteiger partial charge in [-0.15, -0.1) is 0 Å². The Morgan fingerprint density at radius 2 is 1.33 bits per heavy atom. The molecule has 1 aliphatic carbocycles. The molecular formula is C29H35NO3. The Hall–Kier alpha value is -2.53. The summed E-state index contributed by atoms with van der Waals surface area (Å²) < 4.78 is 11.2. The van der Waals surface area contributed by atoms with E-state index in [4.69, 9.17) is 9.47 Å². The van der Waals surface area contributed by atoms with Crippen molar-refractivity contribution in [2.24, 2.45) is 5.41 Å². The van der Waals surface area contributed by atoms with Crippen LogP contribution in [0.1, 0.15) is 43.9 Å². The number of carbonyl (C=O) groups is 1. The van der Waals surface area contributed by atoms with Crippen LogP contribution in [0.2, 0.25) is 0 Å². The summed E-state index contributed by atoms with van der Waals surface area (Å²) in [6, 6.07) is 21.1. The quantitative estimate of drug-likeness (QED) is 0.575. The number of ketones is 1. The van der Waals surface area contributed by atoms with Gasteiger partial charge in [0.25, 0.3) is 0 Å². The summed E-state index contributed by atoms with van der Waals surface area (Å²) in [6.45, 7) is 6.64. The molecular weight excluding hydrogens is 410 g/mol. The number of nitrogens with zero attached hydrogens (tertiary/aromatic N) is 1. The van der Waals surface area contributed by atoms with Crippen molar-refractivity contribution < 1.29 is 14.3 Å². The van der Waals surface area contributed by atoms with E-state index in [-0.39, 0.29) is 17.2 Å². The third kappa shape index (κ3) is 4.89. The van der Waals surface area contributed by atoms with Gasteiger partial charge in [0.05, 0.1) is 25.8 Å². The van der Waals surface area contributed by atoms with Gasteiger partial charge in [0.15, 0.2) is 5.78 Å². The van der Waals surface area contributed by atoms with E-state index in [1.54, 1.807) is 14.2 Å². The summed E-state index contributed by atoms with van der Waals surface area (Å²) in [5.41, 5.74) is 7.06. The zero-order valence-corrected chi connectivity index (χ0v) is 20.3. The van der Waals surface area contributed by atoms with Crippen molar-refractivity contribution in [2.75, 3.05) is 40.5 Å². The highest BCUT2D eigenvalue weighted by atomic mass is 16.5. The van der Waals surface area contributed by atoms with Crippen LogP contribution >= 0.6 is 0 Å². The number of ether oxygens (including phenoxy) is 2. The summed E-state index contributed by atoms with van der Waals surface area (Å²) in [5, 5.41) is 0. The second-order valence-electron chi connectivity index (χ2n) is 9.63. The van der Waals surface area contributed by atoms with Gasteiger partial charge in [-0.05, 0) is 54.5 Å². The number of allylic oxidation sites excluding steroid dienone is 2. The van der Waals surface area contributed by atoms with Gasteiger partial charge in [0.2, 0.25) is 0 Å². The maximum absolute atomic E-state index is 13.5. The summed E-state index contributed by atoms with van der Waals surface area (Å²) in [5.74, 6) is 0.206. The van der Waals surface area contributed by atoms with Crippen molar-refractivity contribution in [3.8, 4) is 0 Å². The lowest BCUT2D eigenvalue weighted by Gasteiger charge is -2.34. The van der Waals surface area contributed by atoms with E-state index in [9.17, 15) is 4.79 Å². The predicted octanol–water partition coefficient (Wildman–Crippen LogP) is 5.37. The number of hydrogen-bond acceptors (Lipinski definition) is 4. The number of Topliss-reactive ketones (excluding diaryl/α,β-unsaturated/α-hetero) is 1. The molecule has 0 N–H and O–H groups in total. The first-order valence-corrected chi connectivity index (χ1v) is 11.7. The molecule has 2 aromatic carbocycles. The van der Waals surface area contributed by atoms with Crippen LogP contribution in [-0.2, 0) is 14.3 Å². The average molecular weight is 446 g/mol. The molecule has 0 radical (unpaired) electrons. The first kappa shape index (κ1) is 23.6. The van der Waals surface area contributed by atoms with Crippen LogP contribution in [0.25, 0.3) is 0 Å². The second kappa shape index (κ2) is 10.2. The topological polar surface area (TPSA) is 38.8 Å². The molecule has 4 nitrogen and oxygen atoms in total. The van der Waals surface area contributed by atoms with Crippen molar-refractivity contribution >= 4 is 5.78 Å². The van der Waals surface area contributed by atoms with Crippen LogP contribution < -0.4 is 0 Å². The van der Waals surface area contributed by atoms with Gasteiger partial charge in [-0.1, -0.05) is 66.2 Å². The first-order valence-electron chi connectivity index (χ1n) is 11.7. The number of methoxy groups -OCH3 is 2. The maximum Gasteiger partial charge on any atom is 0.172 e. The standard InChI is InChI=1S/C29H35NO3/c1-21-17-30(28(23-11-7-5-8-12-23)24-13-9-6-10-14-24)18-27(31)22(2)26-16-29(19-32-3,20-33-4)15-25(21)26/h5-14,28H,15-20H2,1-4H3/b25-21-,26-22-. The minimum atomic E-state index is -0.107. The summed E-state index contributed by atoms with van der Waals surface area (Å²) in [7, 11) is 3.50. The van der Waals surface area contributed by atoms with Gasteiger partial charge >= 0.3 is 0 Å². The van der Waals surface area contributed by atoms with E-state index >= 15 is 0 Å². The van der Waals surface area contributed by atoms with Crippen molar-refractivity contribution in [1.82, 2.24) is 4.90 Å². The van der Waals surface area contributed by atoms with E-state index in [1.807, 2.05) is 19.1 Å². The van der Waals surface area contributed by atoms with Gasteiger partial charge in [-0.2, -0.15) is 0 Å². The fraction of sp³-hybridized carbons (Fsp3) is 0.414. The Morgan fingerprint density at radius 3 is 1.85 bits per heavy atom. The molecule has 4 rings (SSSR count). The predicted molar refractivity (Wildman–Crippen MR) is 132 cm³/mol. The Labute approximate surface area is 197 Å². The summed E-state index contributed by atoms with van der Waals surface area (Å²) >= 11 is 0. The third-order valence-electron chi connectivity index (χ3n) is 7.14. The van der Waals surface area contributed by atoms with Crippen molar-refractivity contribution in [3.63, 3.8) is 0 Å². The Kier molecular flexibility index (Phi) is 7.28. The molecule has 0 bridgehead atoms. The zero-order chi connectivity index (χ0) is 23.4. The minimum absolute atomic E-state index is 0.0189. The largest absolute Gasteiger partial charge is 0.384 e. The monoisotopic (exact) mass is 445 g/mol. The van der Waals surface area contributed by atoms with Crippen LogP contribution in [0, 0.1) is 5.41 Å². The van der Waals surface area contributed by atoms with Gasteiger partial charge in [0.1, 0.15) is 0 Å². The van der Waals surface area contributed by atoms with E-state index in [0.29, 0.717) is 19.8 Å². The van der Waals surface area contributed by atoms with Crippen molar-refractivity contribution in [2.45, 2.75) is 32.7 Å². The van der Waals surface area contributed by atoms with Gasteiger partial charge in [-0.25, -0.2) is 0 Å². The Bertz CT molecular complexity index is 994. The lowest BCUT2D eigenvalue weighted by atomic mass is 9.87. The van der Waals surface area contributed by atoms with E-state index in [2.05, 4.69) is 60.4 Å². The van der Waals surface area contributed by atoms with Crippen LogP contribution in [0.15, 0.2) is 83.0 Å². The number of rotatable bonds is 7. The Morgan fingerprint density at radius 1 is 0.818 bits per heavy atom. The second-order valence-corrected chi connectivity index (χ2v) is 9.63. The molecule has 4 heteroatoms. The SMILES string of the molecule is COCC1(COC)CC2=C(\C)CN(C(c3ccccc3)c3ccccc3)CC(=O)/C(C)=C\2C1. The summed E-state index contributed by atoms with van der Waals surface area (Å²) in [6.07, 6.45) is 1.72.